The topological polar surface area (TPSA) is 52.6 Å². The molecular weight excluding hydrogens is 494 g/mol. The number of rotatable bonds is 9. The van der Waals surface area contributed by atoms with E-state index in [1.807, 2.05) is 0 Å². The Morgan fingerprint density at radius 1 is 0.412 bits per heavy atom. The number of ether oxygens (including phenoxy) is 2. The van der Waals surface area contributed by atoms with Gasteiger partial charge in [0.25, 0.3) is 0 Å². The molecule has 0 aliphatic heterocycles. The van der Waals surface area contributed by atoms with Gasteiger partial charge < -0.3 is 9.47 Å². The fraction of sp³-hybridized carbons (Fsp3) is 0.300. The van der Waals surface area contributed by atoms with Crippen LogP contribution in [0, 0.1) is 58.2 Å². The van der Waals surface area contributed by atoms with Crippen LogP contribution in [0.5, 0.6) is 11.5 Å². The molecule has 34 heavy (non-hydrogen) atoms. The van der Waals surface area contributed by atoms with Gasteiger partial charge in [-0.05, 0) is 12.8 Å². The number of unbranched alkanes of at least 4 members (excludes halogenated alkanes) is 3. The summed E-state index contributed by atoms with van der Waals surface area (Å²) in [6, 6.07) is 0. The van der Waals surface area contributed by atoms with Crippen LogP contribution in [0.3, 0.4) is 0 Å². The number of halogens is 10. The molecule has 0 radical (unpaired) electrons. The van der Waals surface area contributed by atoms with E-state index < -0.39 is 94.5 Å². The molecule has 0 aliphatic rings. The fourth-order valence-electron chi connectivity index (χ4n) is 2.57. The molecule has 0 N–H and O–H groups in total. The van der Waals surface area contributed by atoms with Gasteiger partial charge in [-0.1, -0.05) is 12.8 Å². The van der Waals surface area contributed by atoms with Crippen molar-refractivity contribution in [2.45, 2.75) is 38.5 Å². The summed E-state index contributed by atoms with van der Waals surface area (Å²) in [5.74, 6) is -29.4. The quantitative estimate of drug-likeness (QED) is 0.106. The van der Waals surface area contributed by atoms with Crippen molar-refractivity contribution in [1.29, 1.82) is 0 Å². The maximum absolute atomic E-state index is 13.4. The van der Waals surface area contributed by atoms with Crippen LogP contribution in [0.4, 0.5) is 43.9 Å². The Balaban J connectivity index is 1.78. The molecule has 0 bridgehead atoms. The number of carbonyl (C=O) groups is 2. The monoisotopic (exact) mass is 506 g/mol. The van der Waals surface area contributed by atoms with Crippen molar-refractivity contribution in [3.05, 3.63) is 58.2 Å². The molecule has 186 valence electrons. The largest absolute Gasteiger partial charge is 0.420 e. The van der Waals surface area contributed by atoms with E-state index in [0.29, 0.717) is 0 Å². The number of hydrogen-bond acceptors (Lipinski definition) is 4. The molecule has 0 spiro atoms. The van der Waals surface area contributed by atoms with Crippen molar-refractivity contribution in [1.82, 2.24) is 0 Å². The highest BCUT2D eigenvalue weighted by Crippen LogP contribution is 2.30. The summed E-state index contributed by atoms with van der Waals surface area (Å²) in [5, 5.41) is 0. The second-order valence-electron chi connectivity index (χ2n) is 6.66. The molecule has 0 unspecified atom stereocenters. The maximum atomic E-state index is 13.4. The third-order valence-electron chi connectivity index (χ3n) is 4.28. The first-order valence-electron chi connectivity index (χ1n) is 9.32. The molecule has 0 saturated heterocycles. The number of esters is 2. The van der Waals surface area contributed by atoms with Crippen molar-refractivity contribution >= 4 is 11.9 Å². The molecule has 0 saturated carbocycles. The Labute approximate surface area is 184 Å². The van der Waals surface area contributed by atoms with E-state index in [9.17, 15) is 53.5 Å². The van der Waals surface area contributed by atoms with Crippen LogP contribution < -0.4 is 9.47 Å². The molecule has 2 rings (SSSR count). The molecule has 0 aromatic heterocycles. The van der Waals surface area contributed by atoms with E-state index in [2.05, 4.69) is 9.47 Å². The van der Waals surface area contributed by atoms with Gasteiger partial charge in [-0.3, -0.25) is 9.59 Å². The molecule has 2 aromatic carbocycles. The van der Waals surface area contributed by atoms with Crippen LogP contribution in [0.2, 0.25) is 0 Å². The zero-order chi connectivity index (χ0) is 25.7. The van der Waals surface area contributed by atoms with E-state index in [-0.39, 0.29) is 25.7 Å². The van der Waals surface area contributed by atoms with E-state index >= 15 is 0 Å². The first-order valence-corrected chi connectivity index (χ1v) is 9.32. The Morgan fingerprint density at radius 3 is 0.912 bits per heavy atom. The summed E-state index contributed by atoms with van der Waals surface area (Å²) >= 11 is 0. The standard InChI is InChI=1S/C20H12F10O4/c21-9-11(23)15(27)19(16(28)12(9)24)33-7(31)5-3-1-2-4-6-8(32)34-20-17(29)13(25)10(22)14(26)18(20)30/h1-6H2. The number of carbonyl (C=O) groups excluding carboxylic acids is 2. The lowest BCUT2D eigenvalue weighted by atomic mass is 10.1. The summed E-state index contributed by atoms with van der Waals surface area (Å²) in [7, 11) is 0. The van der Waals surface area contributed by atoms with Crippen molar-refractivity contribution in [2.24, 2.45) is 0 Å². The summed E-state index contributed by atoms with van der Waals surface area (Å²) < 4.78 is 140. The molecule has 14 heteroatoms. The van der Waals surface area contributed by atoms with Crippen molar-refractivity contribution in [3.8, 4) is 11.5 Å². The first-order chi connectivity index (χ1) is 15.9. The summed E-state index contributed by atoms with van der Waals surface area (Å²) in [6.45, 7) is 0. The lowest BCUT2D eigenvalue weighted by molar-refractivity contribution is -0.136. The zero-order valence-corrected chi connectivity index (χ0v) is 16.7. The van der Waals surface area contributed by atoms with Gasteiger partial charge in [0.2, 0.25) is 69.7 Å². The number of benzene rings is 2. The third kappa shape index (κ3) is 5.78. The van der Waals surface area contributed by atoms with Crippen molar-refractivity contribution in [2.75, 3.05) is 0 Å². The molecule has 0 amide bonds. The van der Waals surface area contributed by atoms with Crippen molar-refractivity contribution < 1.29 is 63.0 Å². The second-order valence-corrected chi connectivity index (χ2v) is 6.66. The van der Waals surface area contributed by atoms with Crippen LogP contribution in [0.25, 0.3) is 0 Å². The predicted octanol–water partition coefficient (Wildman–Crippen LogP) is 5.93. The van der Waals surface area contributed by atoms with Crippen LogP contribution in [-0.2, 0) is 9.59 Å². The minimum Gasteiger partial charge on any atom is -0.420 e. The molecule has 0 heterocycles. The summed E-state index contributed by atoms with van der Waals surface area (Å²) in [5.41, 5.74) is 0. The molecule has 0 atom stereocenters. The third-order valence-corrected chi connectivity index (χ3v) is 4.28. The Kier molecular flexibility index (Phi) is 8.87. The van der Waals surface area contributed by atoms with Crippen LogP contribution >= 0.6 is 0 Å². The van der Waals surface area contributed by atoms with Gasteiger partial charge in [0.05, 0.1) is 0 Å². The van der Waals surface area contributed by atoms with Crippen LogP contribution in [-0.4, -0.2) is 11.9 Å². The highest BCUT2D eigenvalue weighted by molar-refractivity contribution is 5.73. The smallest absolute Gasteiger partial charge is 0.311 e. The highest BCUT2D eigenvalue weighted by Gasteiger charge is 2.29. The molecule has 0 fully saturated rings. The van der Waals surface area contributed by atoms with E-state index in [1.165, 1.54) is 0 Å². The molecule has 0 aliphatic carbocycles. The van der Waals surface area contributed by atoms with Crippen molar-refractivity contribution in [3.63, 3.8) is 0 Å². The van der Waals surface area contributed by atoms with Crippen LogP contribution in [0.15, 0.2) is 0 Å². The summed E-state index contributed by atoms with van der Waals surface area (Å²) in [4.78, 5) is 23.2. The van der Waals surface area contributed by atoms with Gasteiger partial charge >= 0.3 is 11.9 Å². The number of hydrogen-bond donors (Lipinski definition) is 0. The lowest BCUT2D eigenvalue weighted by Crippen LogP contribution is -2.13. The second kappa shape index (κ2) is 11.2. The predicted molar refractivity (Wildman–Crippen MR) is 91.4 cm³/mol. The Hall–Kier alpha value is -3.32. The molecule has 2 aromatic rings. The lowest BCUT2D eigenvalue weighted by Gasteiger charge is -2.09. The minimum absolute atomic E-state index is 0.0130. The molecule has 4 nitrogen and oxygen atoms in total. The van der Waals surface area contributed by atoms with Crippen LogP contribution in [0.1, 0.15) is 38.5 Å². The van der Waals surface area contributed by atoms with E-state index in [1.54, 1.807) is 0 Å². The van der Waals surface area contributed by atoms with Gasteiger partial charge in [-0.15, -0.1) is 0 Å². The van der Waals surface area contributed by atoms with Gasteiger partial charge in [0.15, 0.2) is 0 Å². The Bertz CT molecular complexity index is 974. The molecular formula is C20H12F10O4. The highest BCUT2D eigenvalue weighted by atomic mass is 19.2. The van der Waals surface area contributed by atoms with E-state index in [0.717, 1.165) is 0 Å². The Morgan fingerprint density at radius 2 is 0.647 bits per heavy atom. The normalized spacial score (nSPS) is 11.0. The summed E-state index contributed by atoms with van der Waals surface area (Å²) in [6.07, 6.45) is -0.700. The fourth-order valence-corrected chi connectivity index (χ4v) is 2.57. The van der Waals surface area contributed by atoms with Gasteiger partial charge in [0, 0.05) is 12.8 Å². The minimum atomic E-state index is -2.42. The average Bonchev–Trinajstić information content (AvgIpc) is 2.81. The maximum Gasteiger partial charge on any atom is 0.311 e. The first kappa shape index (κ1) is 26.9. The zero-order valence-electron chi connectivity index (χ0n) is 16.7. The average molecular weight is 506 g/mol. The van der Waals surface area contributed by atoms with E-state index in [4.69, 9.17) is 0 Å². The van der Waals surface area contributed by atoms with Gasteiger partial charge in [0.1, 0.15) is 0 Å². The SMILES string of the molecule is O=C(CCCCCCC(=O)Oc1c(F)c(F)c(F)c(F)c1F)Oc1c(F)c(F)c(F)c(F)c1F. The van der Waals surface area contributed by atoms with Gasteiger partial charge in [-0.2, -0.15) is 17.6 Å². The van der Waals surface area contributed by atoms with Gasteiger partial charge in [-0.25, -0.2) is 26.3 Å².